The van der Waals surface area contributed by atoms with E-state index in [2.05, 4.69) is 15.1 Å². The number of halogens is 1. The second-order valence-corrected chi connectivity index (χ2v) is 6.87. The molecule has 1 unspecified atom stereocenters. The van der Waals surface area contributed by atoms with E-state index in [0.29, 0.717) is 36.2 Å². The minimum Gasteiger partial charge on any atom is -0.439 e. The predicted molar refractivity (Wildman–Crippen MR) is 99.7 cm³/mol. The monoisotopic (exact) mass is 381 g/mol. The van der Waals surface area contributed by atoms with E-state index < -0.39 is 0 Å². The van der Waals surface area contributed by atoms with Crippen molar-refractivity contribution in [2.24, 2.45) is 7.05 Å². The van der Waals surface area contributed by atoms with Crippen LogP contribution in [0.3, 0.4) is 0 Å². The Hall–Kier alpha value is -3.29. The van der Waals surface area contributed by atoms with Crippen molar-refractivity contribution in [3.8, 4) is 11.6 Å². The lowest BCUT2D eigenvalue weighted by Crippen LogP contribution is -2.29. The first-order valence-electron chi connectivity index (χ1n) is 9.06. The molecule has 1 aromatic carbocycles. The lowest BCUT2D eigenvalue weighted by Gasteiger charge is -2.15. The Bertz CT molecular complexity index is 1000. The van der Waals surface area contributed by atoms with E-state index in [0.717, 1.165) is 12.1 Å². The Morgan fingerprint density at radius 1 is 1.21 bits per heavy atom. The van der Waals surface area contributed by atoms with Gasteiger partial charge < -0.3 is 9.64 Å². The first-order chi connectivity index (χ1) is 13.5. The van der Waals surface area contributed by atoms with Gasteiger partial charge in [-0.1, -0.05) is 0 Å². The summed E-state index contributed by atoms with van der Waals surface area (Å²) in [5, 5.41) is 4.18. The highest BCUT2D eigenvalue weighted by Gasteiger charge is 2.31. The summed E-state index contributed by atoms with van der Waals surface area (Å²) >= 11 is 0. The molecule has 0 saturated carbocycles. The second kappa shape index (κ2) is 7.38. The maximum atomic E-state index is 13.1. The summed E-state index contributed by atoms with van der Waals surface area (Å²) in [7, 11) is 1.78. The summed E-state index contributed by atoms with van der Waals surface area (Å²) in [5.41, 5.74) is 1.21. The van der Waals surface area contributed by atoms with Gasteiger partial charge in [0, 0.05) is 44.0 Å². The number of rotatable bonds is 4. The molecule has 1 amide bonds. The third kappa shape index (κ3) is 3.85. The summed E-state index contributed by atoms with van der Waals surface area (Å²) in [6.45, 7) is 3.04. The van der Waals surface area contributed by atoms with Gasteiger partial charge in [0.2, 0.25) is 5.88 Å². The van der Waals surface area contributed by atoms with Crippen LogP contribution in [-0.2, 0) is 7.05 Å². The molecule has 1 aliphatic rings. The molecule has 1 saturated heterocycles. The van der Waals surface area contributed by atoms with Gasteiger partial charge in [-0.25, -0.2) is 9.37 Å². The summed E-state index contributed by atoms with van der Waals surface area (Å²) in [4.78, 5) is 23.4. The number of ether oxygens (including phenoxy) is 1. The number of hydrogen-bond donors (Lipinski definition) is 0. The zero-order chi connectivity index (χ0) is 19.7. The van der Waals surface area contributed by atoms with Crippen LogP contribution in [0.1, 0.15) is 34.3 Å². The van der Waals surface area contributed by atoms with Crippen molar-refractivity contribution in [3.63, 3.8) is 0 Å². The van der Waals surface area contributed by atoms with Crippen molar-refractivity contribution in [2.45, 2.75) is 19.3 Å². The van der Waals surface area contributed by atoms with Gasteiger partial charge in [-0.3, -0.25) is 9.48 Å². The van der Waals surface area contributed by atoms with Gasteiger partial charge in [0.1, 0.15) is 23.1 Å². The molecule has 1 aliphatic heterocycles. The topological polar surface area (TPSA) is 73.1 Å². The molecule has 7 nitrogen and oxygen atoms in total. The maximum absolute atomic E-state index is 13.1. The van der Waals surface area contributed by atoms with Gasteiger partial charge in [-0.15, -0.1) is 0 Å². The Labute approximate surface area is 161 Å². The van der Waals surface area contributed by atoms with Crippen LogP contribution < -0.4 is 4.74 Å². The fourth-order valence-electron chi connectivity index (χ4n) is 3.27. The second-order valence-electron chi connectivity index (χ2n) is 6.87. The predicted octanol–water partition coefficient (Wildman–Crippen LogP) is 3.08. The number of hydrogen-bond acceptors (Lipinski definition) is 5. The number of nitrogens with zero attached hydrogens (tertiary/aromatic N) is 5. The van der Waals surface area contributed by atoms with Crippen molar-refractivity contribution >= 4 is 5.91 Å². The maximum Gasteiger partial charge on any atom is 0.274 e. The van der Waals surface area contributed by atoms with Gasteiger partial charge in [-0.05, 0) is 43.7 Å². The normalized spacial score (nSPS) is 16.4. The first kappa shape index (κ1) is 18.1. The van der Waals surface area contributed by atoms with Gasteiger partial charge in [-0.2, -0.15) is 10.1 Å². The lowest BCUT2D eigenvalue weighted by atomic mass is 10.1. The Kier molecular flexibility index (Phi) is 4.77. The van der Waals surface area contributed by atoms with Gasteiger partial charge in [0.15, 0.2) is 0 Å². The first-order valence-corrected chi connectivity index (χ1v) is 9.06. The molecule has 0 N–H and O–H groups in total. The van der Waals surface area contributed by atoms with Crippen LogP contribution in [0.4, 0.5) is 4.39 Å². The Morgan fingerprint density at radius 3 is 2.71 bits per heavy atom. The Morgan fingerprint density at radius 2 is 2.00 bits per heavy atom. The van der Waals surface area contributed by atoms with Gasteiger partial charge in [0.25, 0.3) is 5.91 Å². The minimum absolute atomic E-state index is 0.0307. The van der Waals surface area contributed by atoms with Crippen LogP contribution in [-0.4, -0.2) is 43.6 Å². The molecule has 3 heterocycles. The van der Waals surface area contributed by atoms with Gasteiger partial charge in [0.05, 0.1) is 0 Å². The summed E-state index contributed by atoms with van der Waals surface area (Å²) in [5.74, 6) is 1.18. The number of likely N-dealkylation sites (tertiary alicyclic amines) is 1. The number of aromatic nitrogens is 4. The van der Waals surface area contributed by atoms with Crippen molar-refractivity contribution < 1.29 is 13.9 Å². The number of aryl methyl sites for hydroxylation is 2. The van der Waals surface area contributed by atoms with Gasteiger partial charge >= 0.3 is 0 Å². The van der Waals surface area contributed by atoms with E-state index in [4.69, 9.17) is 4.74 Å². The van der Waals surface area contributed by atoms with E-state index in [1.807, 2.05) is 6.92 Å². The number of amides is 1. The smallest absolute Gasteiger partial charge is 0.274 e. The SMILES string of the molecule is Cc1cc(Oc2ccc(F)cc2)nc(C2CCN(C(=O)c3ccn(C)n3)C2)n1. The lowest BCUT2D eigenvalue weighted by molar-refractivity contribution is 0.0784. The highest BCUT2D eigenvalue weighted by Crippen LogP contribution is 2.28. The molecule has 3 aromatic rings. The zero-order valence-electron chi connectivity index (χ0n) is 15.7. The van der Waals surface area contributed by atoms with E-state index in [-0.39, 0.29) is 17.6 Å². The quantitative estimate of drug-likeness (QED) is 0.694. The molecule has 0 bridgehead atoms. The largest absolute Gasteiger partial charge is 0.439 e. The summed E-state index contributed by atoms with van der Waals surface area (Å²) in [6.07, 6.45) is 2.53. The zero-order valence-corrected chi connectivity index (χ0v) is 15.7. The minimum atomic E-state index is -0.324. The third-order valence-corrected chi connectivity index (χ3v) is 4.66. The van der Waals surface area contributed by atoms with Crippen molar-refractivity contribution in [1.29, 1.82) is 0 Å². The standard InChI is InChI=1S/C20H20FN5O2/c1-13-11-18(28-16-5-3-15(21)4-6-16)23-19(22-13)14-7-10-26(12-14)20(27)17-8-9-25(2)24-17/h3-6,8-9,11,14H,7,10,12H2,1-2H3. The highest BCUT2D eigenvalue weighted by molar-refractivity contribution is 5.92. The van der Waals surface area contributed by atoms with E-state index >= 15 is 0 Å². The highest BCUT2D eigenvalue weighted by atomic mass is 19.1. The van der Waals surface area contributed by atoms with E-state index in [1.54, 1.807) is 47.1 Å². The fraction of sp³-hybridized carbons (Fsp3) is 0.300. The molecule has 144 valence electrons. The van der Waals surface area contributed by atoms with Crippen LogP contribution in [0.15, 0.2) is 42.6 Å². The van der Waals surface area contributed by atoms with Crippen LogP contribution in [0.5, 0.6) is 11.6 Å². The summed E-state index contributed by atoms with van der Waals surface area (Å²) in [6, 6.07) is 9.22. The molecule has 1 fully saturated rings. The molecular formula is C20H20FN5O2. The average molecular weight is 381 g/mol. The Balaban J connectivity index is 1.49. The van der Waals surface area contributed by atoms with E-state index in [9.17, 15) is 9.18 Å². The molecule has 0 radical (unpaired) electrons. The molecule has 4 rings (SSSR count). The number of carbonyl (C=O) groups excluding carboxylic acids is 1. The van der Waals surface area contributed by atoms with Crippen molar-refractivity contribution in [1.82, 2.24) is 24.6 Å². The van der Waals surface area contributed by atoms with Crippen LogP contribution in [0, 0.1) is 12.7 Å². The van der Waals surface area contributed by atoms with Crippen molar-refractivity contribution in [2.75, 3.05) is 13.1 Å². The van der Waals surface area contributed by atoms with Crippen LogP contribution >= 0.6 is 0 Å². The van der Waals surface area contributed by atoms with E-state index in [1.165, 1.54) is 12.1 Å². The molecule has 0 aliphatic carbocycles. The molecular weight excluding hydrogens is 361 g/mol. The van der Waals surface area contributed by atoms with Crippen LogP contribution in [0.25, 0.3) is 0 Å². The summed E-state index contributed by atoms with van der Waals surface area (Å²) < 4.78 is 20.4. The van der Waals surface area contributed by atoms with Crippen LogP contribution in [0.2, 0.25) is 0 Å². The number of carbonyl (C=O) groups is 1. The van der Waals surface area contributed by atoms with Crippen molar-refractivity contribution in [3.05, 3.63) is 65.6 Å². The average Bonchev–Trinajstić information content (AvgIpc) is 3.32. The number of benzene rings is 1. The fourth-order valence-corrected chi connectivity index (χ4v) is 3.27. The third-order valence-electron chi connectivity index (χ3n) is 4.66. The molecule has 1 atom stereocenters. The molecule has 2 aromatic heterocycles. The molecule has 8 heteroatoms. The molecule has 28 heavy (non-hydrogen) atoms. The molecule has 0 spiro atoms.